The lowest BCUT2D eigenvalue weighted by molar-refractivity contribution is -0.118. The van der Waals surface area contributed by atoms with E-state index in [0.29, 0.717) is 13.0 Å². The van der Waals surface area contributed by atoms with Crippen LogP contribution in [-0.4, -0.2) is 22.4 Å². The summed E-state index contributed by atoms with van der Waals surface area (Å²) in [7, 11) is 0. The Hall–Kier alpha value is -2.28. The molecule has 0 radical (unpaired) electrons. The summed E-state index contributed by atoms with van der Waals surface area (Å²) in [5.74, 6) is 6.98. The summed E-state index contributed by atoms with van der Waals surface area (Å²) in [5, 5.41) is 2.71. The molecule has 18 heavy (non-hydrogen) atoms. The Balaban J connectivity index is 2.03. The second kappa shape index (κ2) is 5.37. The first kappa shape index (κ1) is 12.2. The first-order chi connectivity index (χ1) is 8.65. The molecule has 1 heterocycles. The van der Waals surface area contributed by atoms with Crippen molar-refractivity contribution in [2.75, 3.05) is 6.54 Å². The maximum atomic E-state index is 10.7. The number of amides is 1. The number of imidazole rings is 1. The van der Waals surface area contributed by atoms with Crippen LogP contribution in [0.3, 0.4) is 0 Å². The van der Waals surface area contributed by atoms with E-state index in [2.05, 4.69) is 27.1 Å². The average molecular weight is 241 g/mol. The number of aromatic amines is 1. The predicted molar refractivity (Wildman–Crippen MR) is 71.0 cm³/mol. The Morgan fingerprint density at radius 3 is 3.11 bits per heavy atom. The number of carbonyl (C=O) groups is 1. The number of benzene rings is 1. The van der Waals surface area contributed by atoms with Gasteiger partial charge in [-0.15, -0.1) is 0 Å². The van der Waals surface area contributed by atoms with E-state index in [1.807, 2.05) is 25.1 Å². The molecule has 2 N–H and O–H groups in total. The van der Waals surface area contributed by atoms with Gasteiger partial charge in [-0.3, -0.25) is 4.79 Å². The summed E-state index contributed by atoms with van der Waals surface area (Å²) in [5.41, 5.74) is 2.91. The third-order valence-electron chi connectivity index (χ3n) is 2.46. The summed E-state index contributed by atoms with van der Waals surface area (Å²) in [6.07, 6.45) is 0.652. The zero-order chi connectivity index (χ0) is 13.0. The molecule has 1 aromatic carbocycles. The molecular formula is C14H15N3O. The van der Waals surface area contributed by atoms with Crippen molar-refractivity contribution in [3.63, 3.8) is 0 Å². The number of aromatic nitrogens is 2. The number of nitrogens with zero attached hydrogens (tertiary/aromatic N) is 1. The lowest BCUT2D eigenvalue weighted by Crippen LogP contribution is -2.20. The highest BCUT2D eigenvalue weighted by molar-refractivity contribution is 5.76. The van der Waals surface area contributed by atoms with Crippen molar-refractivity contribution in [1.82, 2.24) is 15.3 Å². The lowest BCUT2D eigenvalue weighted by Gasteiger charge is -1.95. The SMILES string of the molecule is CC(=O)NCCC#Cc1ccc2nc(C)[nH]c2c1. The van der Waals surface area contributed by atoms with Gasteiger partial charge in [0.1, 0.15) is 5.82 Å². The van der Waals surface area contributed by atoms with Crippen LogP contribution < -0.4 is 5.32 Å². The maximum absolute atomic E-state index is 10.7. The molecule has 0 saturated heterocycles. The zero-order valence-electron chi connectivity index (χ0n) is 10.5. The smallest absolute Gasteiger partial charge is 0.216 e. The van der Waals surface area contributed by atoms with Gasteiger partial charge in [0.2, 0.25) is 5.91 Å². The van der Waals surface area contributed by atoms with Crippen molar-refractivity contribution < 1.29 is 4.79 Å². The molecule has 0 spiro atoms. The summed E-state index contributed by atoms with van der Waals surface area (Å²) in [6, 6.07) is 5.89. The third kappa shape index (κ3) is 3.11. The highest BCUT2D eigenvalue weighted by Gasteiger charge is 1.98. The Bertz CT molecular complexity index is 631. The standard InChI is InChI=1S/C14H15N3O/c1-10-16-13-7-6-12(9-14(13)17-10)5-3-4-8-15-11(2)18/h6-7,9H,4,8H2,1-2H3,(H,15,18)(H,16,17). The van der Waals surface area contributed by atoms with E-state index >= 15 is 0 Å². The van der Waals surface area contributed by atoms with Crippen molar-refractivity contribution >= 4 is 16.9 Å². The van der Waals surface area contributed by atoms with Crippen LogP contribution in [-0.2, 0) is 4.79 Å². The molecule has 0 atom stereocenters. The predicted octanol–water partition coefficient (Wildman–Crippen LogP) is 1.75. The van der Waals surface area contributed by atoms with Gasteiger partial charge in [0.25, 0.3) is 0 Å². The molecule has 0 bridgehead atoms. The molecule has 2 aromatic rings. The van der Waals surface area contributed by atoms with Gasteiger partial charge in [0.05, 0.1) is 11.0 Å². The number of hydrogen-bond donors (Lipinski definition) is 2. The van der Waals surface area contributed by atoms with Crippen LogP contribution in [0.2, 0.25) is 0 Å². The average Bonchev–Trinajstić information content (AvgIpc) is 2.67. The first-order valence-electron chi connectivity index (χ1n) is 5.85. The van der Waals surface area contributed by atoms with E-state index < -0.39 is 0 Å². The topological polar surface area (TPSA) is 57.8 Å². The number of carbonyl (C=O) groups excluding carboxylic acids is 1. The Labute approximate surface area is 106 Å². The second-order valence-corrected chi connectivity index (χ2v) is 4.09. The number of hydrogen-bond acceptors (Lipinski definition) is 2. The van der Waals surface area contributed by atoms with Crippen LogP contribution in [0.5, 0.6) is 0 Å². The molecule has 0 fully saturated rings. The summed E-state index contributed by atoms with van der Waals surface area (Å²) in [6.45, 7) is 4.02. The van der Waals surface area contributed by atoms with Crippen LogP contribution in [0, 0.1) is 18.8 Å². The van der Waals surface area contributed by atoms with Crippen molar-refractivity contribution in [2.45, 2.75) is 20.3 Å². The Morgan fingerprint density at radius 2 is 2.33 bits per heavy atom. The Kier molecular flexibility index (Phi) is 3.63. The largest absolute Gasteiger partial charge is 0.355 e. The lowest BCUT2D eigenvalue weighted by atomic mass is 10.2. The van der Waals surface area contributed by atoms with Crippen molar-refractivity contribution in [3.05, 3.63) is 29.6 Å². The summed E-state index contributed by atoms with van der Waals surface area (Å²) < 4.78 is 0. The minimum absolute atomic E-state index is 0.0221. The van der Waals surface area contributed by atoms with Crippen LogP contribution in [0.25, 0.3) is 11.0 Å². The van der Waals surface area contributed by atoms with E-state index in [1.165, 1.54) is 6.92 Å². The molecule has 4 nitrogen and oxygen atoms in total. The normalized spacial score (nSPS) is 9.89. The number of H-pyrrole nitrogens is 1. The van der Waals surface area contributed by atoms with Crippen LogP contribution in [0.4, 0.5) is 0 Å². The summed E-state index contributed by atoms with van der Waals surface area (Å²) >= 11 is 0. The van der Waals surface area contributed by atoms with E-state index in [4.69, 9.17) is 0 Å². The van der Waals surface area contributed by atoms with Crippen LogP contribution in [0.1, 0.15) is 24.7 Å². The van der Waals surface area contributed by atoms with Crippen molar-refractivity contribution in [3.8, 4) is 11.8 Å². The van der Waals surface area contributed by atoms with E-state index in [1.54, 1.807) is 0 Å². The van der Waals surface area contributed by atoms with E-state index in [0.717, 1.165) is 22.4 Å². The molecule has 0 aliphatic heterocycles. The molecule has 0 unspecified atom stereocenters. The van der Waals surface area contributed by atoms with Gasteiger partial charge in [-0.25, -0.2) is 4.98 Å². The number of rotatable bonds is 2. The molecule has 1 aromatic heterocycles. The van der Waals surface area contributed by atoms with Crippen LogP contribution >= 0.6 is 0 Å². The molecule has 1 amide bonds. The monoisotopic (exact) mass is 241 g/mol. The highest BCUT2D eigenvalue weighted by Crippen LogP contribution is 2.12. The fourth-order valence-electron chi connectivity index (χ4n) is 1.68. The molecule has 0 aliphatic rings. The molecule has 0 aliphatic carbocycles. The number of aryl methyl sites for hydroxylation is 1. The van der Waals surface area contributed by atoms with Gasteiger partial charge < -0.3 is 10.3 Å². The second-order valence-electron chi connectivity index (χ2n) is 4.09. The van der Waals surface area contributed by atoms with E-state index in [9.17, 15) is 4.79 Å². The van der Waals surface area contributed by atoms with Crippen LogP contribution in [0.15, 0.2) is 18.2 Å². The van der Waals surface area contributed by atoms with Gasteiger partial charge in [0.15, 0.2) is 0 Å². The minimum Gasteiger partial charge on any atom is -0.355 e. The molecule has 4 heteroatoms. The molecule has 2 rings (SSSR count). The fraction of sp³-hybridized carbons (Fsp3) is 0.286. The van der Waals surface area contributed by atoms with Crippen molar-refractivity contribution in [2.24, 2.45) is 0 Å². The highest BCUT2D eigenvalue weighted by atomic mass is 16.1. The van der Waals surface area contributed by atoms with E-state index in [-0.39, 0.29) is 5.91 Å². The van der Waals surface area contributed by atoms with Gasteiger partial charge in [0, 0.05) is 25.5 Å². The zero-order valence-corrected chi connectivity index (χ0v) is 10.5. The summed E-state index contributed by atoms with van der Waals surface area (Å²) in [4.78, 5) is 18.2. The van der Waals surface area contributed by atoms with Gasteiger partial charge in [-0.05, 0) is 25.1 Å². The fourth-order valence-corrected chi connectivity index (χ4v) is 1.68. The maximum Gasteiger partial charge on any atom is 0.216 e. The third-order valence-corrected chi connectivity index (χ3v) is 2.46. The van der Waals surface area contributed by atoms with Gasteiger partial charge in [-0.1, -0.05) is 11.8 Å². The molecular weight excluding hydrogens is 226 g/mol. The number of fused-ring (bicyclic) bond motifs is 1. The molecule has 92 valence electrons. The Morgan fingerprint density at radius 1 is 1.50 bits per heavy atom. The van der Waals surface area contributed by atoms with Gasteiger partial charge >= 0.3 is 0 Å². The first-order valence-corrected chi connectivity index (χ1v) is 5.85. The number of nitrogens with one attached hydrogen (secondary N) is 2. The molecule has 0 saturated carbocycles. The van der Waals surface area contributed by atoms with Gasteiger partial charge in [-0.2, -0.15) is 0 Å². The minimum atomic E-state index is -0.0221. The quantitative estimate of drug-likeness (QED) is 0.621. The van der Waals surface area contributed by atoms with Crippen molar-refractivity contribution in [1.29, 1.82) is 0 Å².